The third kappa shape index (κ3) is 3.35. The summed E-state index contributed by atoms with van der Waals surface area (Å²) < 4.78 is 6.70. The van der Waals surface area contributed by atoms with Gasteiger partial charge in [-0.25, -0.2) is 0 Å². The number of nitrogens with two attached hydrogens (primary N) is 1. The van der Waals surface area contributed by atoms with Crippen molar-refractivity contribution in [1.29, 1.82) is 5.41 Å². The Morgan fingerprint density at radius 3 is 2.47 bits per heavy atom. The molecule has 2 aromatic rings. The van der Waals surface area contributed by atoms with Gasteiger partial charge in [-0.05, 0) is 46.6 Å². The minimum atomic E-state index is -0.0410. The molecule has 0 amide bonds. The molecule has 19 heavy (non-hydrogen) atoms. The summed E-state index contributed by atoms with van der Waals surface area (Å²) in [5, 5.41) is 7.39. The lowest BCUT2D eigenvalue weighted by Crippen LogP contribution is -2.11. The van der Waals surface area contributed by atoms with Crippen molar-refractivity contribution in [2.45, 2.75) is 13.0 Å². The van der Waals surface area contributed by atoms with Gasteiger partial charge in [-0.1, -0.05) is 30.3 Å². The van der Waals surface area contributed by atoms with Crippen LogP contribution in [0.1, 0.15) is 24.2 Å². The van der Waals surface area contributed by atoms with Crippen molar-refractivity contribution in [2.24, 2.45) is 5.73 Å². The smallest absolute Gasteiger partial charge is 0.134 e. The summed E-state index contributed by atoms with van der Waals surface area (Å²) >= 11 is 3.44. The van der Waals surface area contributed by atoms with Gasteiger partial charge in [-0.15, -0.1) is 0 Å². The van der Waals surface area contributed by atoms with Crippen LogP contribution in [0.2, 0.25) is 0 Å². The predicted octanol–water partition coefficient (Wildman–Crippen LogP) is 3.87. The third-order valence-electron chi connectivity index (χ3n) is 2.82. The van der Waals surface area contributed by atoms with Gasteiger partial charge in [-0.2, -0.15) is 0 Å². The van der Waals surface area contributed by atoms with Gasteiger partial charge in [0.25, 0.3) is 0 Å². The summed E-state index contributed by atoms with van der Waals surface area (Å²) in [6.45, 7) is 2.00. The Labute approximate surface area is 121 Å². The van der Waals surface area contributed by atoms with E-state index in [0.29, 0.717) is 5.56 Å². The van der Waals surface area contributed by atoms with Crippen molar-refractivity contribution >= 4 is 21.8 Å². The first kappa shape index (κ1) is 13.6. The number of ether oxygens (including phenoxy) is 1. The summed E-state index contributed by atoms with van der Waals surface area (Å²) in [5.41, 5.74) is 7.24. The molecule has 0 aliphatic heterocycles. The van der Waals surface area contributed by atoms with Crippen LogP contribution >= 0.6 is 15.9 Å². The number of rotatable bonds is 4. The molecule has 0 spiro atoms. The van der Waals surface area contributed by atoms with E-state index in [1.54, 1.807) is 12.1 Å². The van der Waals surface area contributed by atoms with Crippen LogP contribution in [-0.2, 0) is 0 Å². The second-order valence-electron chi connectivity index (χ2n) is 4.23. The minimum Gasteiger partial charge on any atom is -0.485 e. The van der Waals surface area contributed by atoms with E-state index in [1.165, 1.54) is 0 Å². The van der Waals surface area contributed by atoms with E-state index in [9.17, 15) is 0 Å². The lowest BCUT2D eigenvalue weighted by Gasteiger charge is -2.16. The summed E-state index contributed by atoms with van der Waals surface area (Å²) in [5.74, 6) is 0.782. The average molecular weight is 319 g/mol. The fourth-order valence-corrected chi connectivity index (χ4v) is 2.22. The van der Waals surface area contributed by atoms with Crippen LogP contribution in [0, 0.1) is 5.41 Å². The van der Waals surface area contributed by atoms with Crippen LogP contribution in [-0.4, -0.2) is 5.84 Å². The Kier molecular flexibility index (Phi) is 4.22. The van der Waals surface area contributed by atoms with E-state index in [4.69, 9.17) is 15.9 Å². The Morgan fingerprint density at radius 2 is 1.89 bits per heavy atom. The van der Waals surface area contributed by atoms with Crippen LogP contribution < -0.4 is 10.5 Å². The monoisotopic (exact) mass is 318 g/mol. The molecule has 1 atom stereocenters. The highest BCUT2D eigenvalue weighted by Crippen LogP contribution is 2.30. The number of nitrogens with one attached hydrogen (secondary N) is 1. The van der Waals surface area contributed by atoms with Crippen LogP contribution in [0.4, 0.5) is 0 Å². The van der Waals surface area contributed by atoms with Crippen LogP contribution in [0.25, 0.3) is 0 Å². The van der Waals surface area contributed by atoms with Crippen molar-refractivity contribution in [3.8, 4) is 5.75 Å². The highest BCUT2D eigenvalue weighted by atomic mass is 79.9. The van der Waals surface area contributed by atoms with E-state index in [1.807, 2.05) is 43.3 Å². The van der Waals surface area contributed by atoms with Crippen molar-refractivity contribution < 1.29 is 4.74 Å². The molecule has 3 N–H and O–H groups in total. The zero-order valence-corrected chi connectivity index (χ0v) is 12.1. The lowest BCUT2D eigenvalue weighted by atomic mass is 10.1. The standard InChI is InChI=1S/C15H15BrN2O/c1-10(11-5-3-2-4-6-11)19-14-8-7-12(15(17)18)9-13(14)16/h2-10H,1H3,(H3,17,18). The first-order chi connectivity index (χ1) is 9.08. The van der Waals surface area contributed by atoms with Crippen molar-refractivity contribution in [3.63, 3.8) is 0 Å². The molecule has 0 radical (unpaired) electrons. The zero-order valence-electron chi connectivity index (χ0n) is 10.6. The molecule has 0 saturated carbocycles. The van der Waals surface area contributed by atoms with Gasteiger partial charge >= 0.3 is 0 Å². The molecule has 0 fully saturated rings. The van der Waals surface area contributed by atoms with Gasteiger partial charge in [0.05, 0.1) is 4.47 Å². The number of nitrogen functional groups attached to an aromatic ring is 1. The van der Waals surface area contributed by atoms with Gasteiger partial charge in [0.2, 0.25) is 0 Å². The molecule has 2 rings (SSSR count). The molecule has 0 saturated heterocycles. The largest absolute Gasteiger partial charge is 0.485 e. The predicted molar refractivity (Wildman–Crippen MR) is 80.6 cm³/mol. The molecule has 0 aliphatic rings. The van der Waals surface area contributed by atoms with Gasteiger partial charge in [0.15, 0.2) is 0 Å². The van der Waals surface area contributed by atoms with Crippen molar-refractivity contribution in [3.05, 3.63) is 64.1 Å². The summed E-state index contributed by atoms with van der Waals surface area (Å²) in [6.07, 6.45) is -0.0410. The Bertz CT molecular complexity index is 584. The maximum absolute atomic E-state index is 7.39. The van der Waals surface area contributed by atoms with Gasteiger partial charge < -0.3 is 10.5 Å². The SMILES string of the molecule is CC(Oc1ccc(C(=N)N)cc1Br)c1ccccc1. The quantitative estimate of drug-likeness (QED) is 0.664. The van der Waals surface area contributed by atoms with Crippen LogP contribution in [0.15, 0.2) is 53.0 Å². The normalized spacial score (nSPS) is 11.9. The molecular weight excluding hydrogens is 304 g/mol. The average Bonchev–Trinajstić information content (AvgIpc) is 2.41. The number of hydrogen-bond donors (Lipinski definition) is 2. The van der Waals surface area contributed by atoms with Crippen LogP contribution in [0.5, 0.6) is 5.75 Å². The topological polar surface area (TPSA) is 59.1 Å². The lowest BCUT2D eigenvalue weighted by molar-refractivity contribution is 0.225. The maximum Gasteiger partial charge on any atom is 0.134 e. The number of hydrogen-bond acceptors (Lipinski definition) is 2. The van der Waals surface area contributed by atoms with Gasteiger partial charge in [0, 0.05) is 5.56 Å². The van der Waals surface area contributed by atoms with Gasteiger partial charge in [0.1, 0.15) is 17.7 Å². The Balaban J connectivity index is 2.18. The molecular formula is C15H15BrN2O. The number of halogens is 1. The third-order valence-corrected chi connectivity index (χ3v) is 3.44. The molecule has 98 valence electrons. The minimum absolute atomic E-state index is 0.0410. The summed E-state index contributed by atoms with van der Waals surface area (Å²) in [6, 6.07) is 15.4. The van der Waals surface area contributed by atoms with Crippen LogP contribution in [0.3, 0.4) is 0 Å². The van der Waals surface area contributed by atoms with Crippen molar-refractivity contribution in [2.75, 3.05) is 0 Å². The molecule has 0 aliphatic carbocycles. The fraction of sp³-hybridized carbons (Fsp3) is 0.133. The zero-order chi connectivity index (χ0) is 13.8. The first-order valence-corrected chi connectivity index (χ1v) is 6.73. The molecule has 2 aromatic carbocycles. The number of amidine groups is 1. The van der Waals surface area contributed by atoms with E-state index < -0.39 is 0 Å². The van der Waals surface area contributed by atoms with E-state index >= 15 is 0 Å². The molecule has 0 aromatic heterocycles. The van der Waals surface area contributed by atoms with Crippen molar-refractivity contribution in [1.82, 2.24) is 0 Å². The van der Waals surface area contributed by atoms with Gasteiger partial charge in [-0.3, -0.25) is 5.41 Å². The highest BCUT2D eigenvalue weighted by Gasteiger charge is 2.10. The highest BCUT2D eigenvalue weighted by molar-refractivity contribution is 9.10. The Morgan fingerprint density at radius 1 is 1.21 bits per heavy atom. The molecule has 4 heteroatoms. The Hall–Kier alpha value is -1.81. The maximum atomic E-state index is 7.39. The molecule has 1 unspecified atom stereocenters. The molecule has 3 nitrogen and oxygen atoms in total. The molecule has 0 bridgehead atoms. The second-order valence-corrected chi connectivity index (χ2v) is 5.08. The summed E-state index contributed by atoms with van der Waals surface area (Å²) in [7, 11) is 0. The molecule has 0 heterocycles. The number of benzene rings is 2. The second kappa shape index (κ2) is 5.89. The fourth-order valence-electron chi connectivity index (χ4n) is 1.75. The van der Waals surface area contributed by atoms with E-state index in [0.717, 1.165) is 15.8 Å². The first-order valence-electron chi connectivity index (χ1n) is 5.93. The van der Waals surface area contributed by atoms with E-state index in [2.05, 4.69) is 15.9 Å². The van der Waals surface area contributed by atoms with E-state index in [-0.39, 0.29) is 11.9 Å². The summed E-state index contributed by atoms with van der Waals surface area (Å²) in [4.78, 5) is 0.